The van der Waals surface area contributed by atoms with Crippen molar-refractivity contribution in [3.63, 3.8) is 0 Å². The summed E-state index contributed by atoms with van der Waals surface area (Å²) in [6.45, 7) is 3.71. The van der Waals surface area contributed by atoms with E-state index in [1.165, 1.54) is 50.7 Å². The van der Waals surface area contributed by atoms with E-state index in [0.717, 1.165) is 68.0 Å². The van der Waals surface area contributed by atoms with Gasteiger partial charge >= 0.3 is 0 Å². The minimum Gasteiger partial charge on any atom is -0.508 e. The van der Waals surface area contributed by atoms with Crippen LogP contribution in [0.5, 0.6) is 17.5 Å². The Morgan fingerprint density at radius 1 is 0.938 bits per heavy atom. The smallest absolute Gasteiger partial charge is 0.225 e. The average molecular weight is 654 g/mol. The summed E-state index contributed by atoms with van der Waals surface area (Å²) in [5.41, 5.74) is 1.77. The number of rotatable bonds is 6. The van der Waals surface area contributed by atoms with E-state index in [0.29, 0.717) is 64.6 Å². The van der Waals surface area contributed by atoms with Crippen LogP contribution in [0.25, 0.3) is 32.9 Å². The first kappa shape index (κ1) is 30.4. The summed E-state index contributed by atoms with van der Waals surface area (Å²) in [5.74, 6) is 4.08. The summed E-state index contributed by atoms with van der Waals surface area (Å²) in [5, 5.41) is 12.4. The van der Waals surface area contributed by atoms with E-state index in [9.17, 15) is 5.11 Å². The van der Waals surface area contributed by atoms with E-state index in [-0.39, 0.29) is 28.8 Å². The van der Waals surface area contributed by atoms with Crippen LogP contribution in [0.15, 0.2) is 30.3 Å². The van der Waals surface area contributed by atoms with Gasteiger partial charge in [0.2, 0.25) is 11.8 Å². The van der Waals surface area contributed by atoms with Crippen LogP contribution in [0.1, 0.15) is 83.1 Å². The van der Waals surface area contributed by atoms with Crippen LogP contribution in [-0.2, 0) is 6.42 Å². The average Bonchev–Trinajstić information content (AvgIpc) is 3.34. The van der Waals surface area contributed by atoms with Gasteiger partial charge in [-0.05, 0) is 115 Å². The lowest BCUT2D eigenvalue weighted by atomic mass is 9.52. The maximum Gasteiger partial charge on any atom is 0.225 e. The van der Waals surface area contributed by atoms with Crippen molar-refractivity contribution in [3.05, 3.63) is 47.5 Å². The molecule has 48 heavy (non-hydrogen) atoms. The van der Waals surface area contributed by atoms with Crippen molar-refractivity contribution in [2.45, 2.75) is 90.0 Å². The topological polar surface area (TPSA) is 67.7 Å². The Morgan fingerprint density at radius 2 is 1.85 bits per heavy atom. The molecule has 8 heteroatoms. The third-order valence-corrected chi connectivity index (χ3v) is 12.8. The molecule has 0 amide bonds. The van der Waals surface area contributed by atoms with Gasteiger partial charge < -0.3 is 19.5 Å². The standard InChI is InChI=1S/C40H45F2N3O3/c1-2-27-32(41)13-11-24-17-26(46)19-31(35(24)27)38-37(42)39-36-33(45-15-5-3-4-8-25(45)21-48-40(36)44-38)20-34(43-39)47-16-14-23-18-30-28-9-6-7-22(28)10-12-29(23)30/h11,13,17,19-20,22-23,25,28-30,46H,2-10,12,14-16,18,21H2,1H3. The van der Waals surface area contributed by atoms with Crippen molar-refractivity contribution < 1.29 is 23.4 Å². The largest absolute Gasteiger partial charge is 0.508 e. The molecule has 9 rings (SSSR count). The third-order valence-electron chi connectivity index (χ3n) is 12.8. The fraction of sp³-hybridized carbons (Fsp3) is 0.550. The quantitative estimate of drug-likeness (QED) is 0.224. The summed E-state index contributed by atoms with van der Waals surface area (Å²) >= 11 is 0. The van der Waals surface area contributed by atoms with Gasteiger partial charge in [0.1, 0.15) is 29.4 Å². The lowest BCUT2D eigenvalue weighted by Crippen LogP contribution is -2.46. The monoisotopic (exact) mass is 653 g/mol. The van der Waals surface area contributed by atoms with E-state index in [1.807, 2.05) is 13.0 Å². The third kappa shape index (κ3) is 4.91. The molecule has 0 spiro atoms. The van der Waals surface area contributed by atoms with Crippen LogP contribution in [-0.4, -0.2) is 40.9 Å². The maximum atomic E-state index is 17.1. The Kier molecular flexibility index (Phi) is 7.61. The van der Waals surface area contributed by atoms with Crippen molar-refractivity contribution in [1.82, 2.24) is 9.97 Å². The van der Waals surface area contributed by atoms with Crippen LogP contribution in [0.4, 0.5) is 14.5 Å². The van der Waals surface area contributed by atoms with Crippen LogP contribution >= 0.6 is 0 Å². The molecule has 3 saturated carbocycles. The highest BCUT2D eigenvalue weighted by Crippen LogP contribution is 2.59. The highest BCUT2D eigenvalue weighted by atomic mass is 19.1. The second kappa shape index (κ2) is 12.0. The minimum atomic E-state index is -0.620. The van der Waals surface area contributed by atoms with Gasteiger partial charge in [0.15, 0.2) is 5.82 Å². The SMILES string of the molecule is CCc1c(F)ccc2cc(O)cc(-c3nc4c5c(cc(OCCC6CC7C8CCCC8CCC67)nc5c3F)N3CCCCCC3CO4)c12. The van der Waals surface area contributed by atoms with E-state index in [2.05, 4.69) is 4.90 Å². The van der Waals surface area contributed by atoms with Crippen LogP contribution in [0.3, 0.4) is 0 Å². The Hall–Kier alpha value is -3.68. The highest BCUT2D eigenvalue weighted by molar-refractivity contribution is 6.04. The molecule has 5 aliphatic rings. The fourth-order valence-corrected chi connectivity index (χ4v) is 10.5. The van der Waals surface area contributed by atoms with Gasteiger partial charge in [-0.3, -0.25) is 0 Å². The number of phenols is 1. The van der Waals surface area contributed by atoms with Crippen molar-refractivity contribution in [3.8, 4) is 28.8 Å². The zero-order valence-corrected chi connectivity index (χ0v) is 27.8. The van der Waals surface area contributed by atoms with Crippen LogP contribution < -0.4 is 14.4 Å². The Bertz CT molecular complexity index is 1900. The van der Waals surface area contributed by atoms with Gasteiger partial charge in [-0.1, -0.05) is 38.7 Å². The van der Waals surface area contributed by atoms with Crippen molar-refractivity contribution >= 4 is 27.4 Å². The molecule has 2 aromatic heterocycles. The second-order valence-corrected chi connectivity index (χ2v) is 15.2. The molecule has 1 N–H and O–H groups in total. The molecule has 4 heterocycles. The number of hydrogen-bond donors (Lipinski definition) is 1. The number of aryl methyl sites for hydroxylation is 1. The molecule has 4 fully saturated rings. The summed E-state index contributed by atoms with van der Waals surface area (Å²) in [6, 6.07) is 8.17. The summed E-state index contributed by atoms with van der Waals surface area (Å²) < 4.78 is 45.0. The Morgan fingerprint density at radius 3 is 2.75 bits per heavy atom. The van der Waals surface area contributed by atoms with Gasteiger partial charge in [-0.15, -0.1) is 0 Å². The molecule has 0 bridgehead atoms. The molecule has 4 aromatic rings. The number of pyridine rings is 2. The molecule has 6 nitrogen and oxygen atoms in total. The van der Waals surface area contributed by atoms with E-state index in [1.54, 1.807) is 12.1 Å². The van der Waals surface area contributed by atoms with E-state index in [4.69, 9.17) is 19.4 Å². The number of aromatic nitrogens is 2. The van der Waals surface area contributed by atoms with Crippen molar-refractivity contribution in [2.75, 3.05) is 24.7 Å². The van der Waals surface area contributed by atoms with Crippen molar-refractivity contribution in [1.29, 1.82) is 0 Å². The van der Waals surface area contributed by atoms with Gasteiger partial charge in [0.25, 0.3) is 0 Å². The predicted octanol–water partition coefficient (Wildman–Crippen LogP) is 9.37. The van der Waals surface area contributed by atoms with Crippen LogP contribution in [0, 0.1) is 41.2 Å². The summed E-state index contributed by atoms with van der Waals surface area (Å²) in [6.07, 6.45) is 14.1. The fourth-order valence-electron chi connectivity index (χ4n) is 10.5. The number of halogens is 2. The first-order valence-electron chi connectivity index (χ1n) is 18.5. The molecule has 252 valence electrons. The Labute approximate surface area is 280 Å². The number of aromatic hydroxyl groups is 1. The molecular weight excluding hydrogens is 608 g/mol. The first-order chi connectivity index (χ1) is 23.5. The van der Waals surface area contributed by atoms with Crippen molar-refractivity contribution in [2.24, 2.45) is 29.6 Å². The number of phenolic OH excluding ortho intramolecular Hbond substituents is 1. The molecule has 2 aliphatic heterocycles. The second-order valence-electron chi connectivity index (χ2n) is 15.2. The molecule has 0 radical (unpaired) electrons. The summed E-state index contributed by atoms with van der Waals surface area (Å²) in [7, 11) is 0. The number of nitrogens with zero attached hydrogens (tertiary/aromatic N) is 3. The lowest BCUT2D eigenvalue weighted by Gasteiger charge is -2.53. The molecule has 1 saturated heterocycles. The van der Waals surface area contributed by atoms with Gasteiger partial charge in [-0.2, -0.15) is 0 Å². The zero-order valence-electron chi connectivity index (χ0n) is 27.8. The maximum absolute atomic E-state index is 17.1. The lowest BCUT2D eigenvalue weighted by molar-refractivity contribution is -0.0427. The molecule has 3 aliphatic carbocycles. The van der Waals surface area contributed by atoms with Gasteiger partial charge in [0, 0.05) is 18.2 Å². The molecule has 6 unspecified atom stereocenters. The molecular formula is C40H45F2N3O3. The molecule has 2 aromatic carbocycles. The number of hydrogen-bond acceptors (Lipinski definition) is 6. The number of anilines is 1. The number of fused-ring (bicyclic) bond motifs is 6. The van der Waals surface area contributed by atoms with E-state index >= 15 is 8.78 Å². The normalized spacial score (nSPS) is 27.8. The molecule has 6 atom stereocenters. The van der Waals surface area contributed by atoms with Crippen LogP contribution in [0.2, 0.25) is 0 Å². The number of benzene rings is 2. The Balaban J connectivity index is 1.11. The number of ether oxygens (including phenoxy) is 2. The summed E-state index contributed by atoms with van der Waals surface area (Å²) in [4.78, 5) is 12.0. The predicted molar refractivity (Wildman–Crippen MR) is 184 cm³/mol. The van der Waals surface area contributed by atoms with Gasteiger partial charge in [-0.25, -0.2) is 18.7 Å². The van der Waals surface area contributed by atoms with E-state index < -0.39 is 5.82 Å². The highest BCUT2D eigenvalue weighted by Gasteiger charge is 2.50. The van der Waals surface area contributed by atoms with Gasteiger partial charge in [0.05, 0.1) is 23.7 Å². The minimum absolute atomic E-state index is 0.00517. The first-order valence-corrected chi connectivity index (χ1v) is 18.5. The zero-order chi connectivity index (χ0) is 32.5.